The first-order chi connectivity index (χ1) is 10.1. The highest BCUT2D eigenvalue weighted by molar-refractivity contribution is 7.17. The van der Waals surface area contributed by atoms with Crippen LogP contribution in [0, 0.1) is 0 Å². The van der Waals surface area contributed by atoms with Crippen LogP contribution in [0.1, 0.15) is 20.8 Å². The van der Waals surface area contributed by atoms with Gasteiger partial charge in [0.05, 0.1) is 5.56 Å². The molecule has 3 aromatic rings. The lowest BCUT2D eigenvalue weighted by molar-refractivity contribution is 0.0690. The number of carbonyl (C=O) groups excluding carboxylic acids is 1. The fraction of sp³-hybridized carbons (Fsp3) is 0. The minimum absolute atomic E-state index is 0.108. The Morgan fingerprint density at radius 1 is 1.19 bits per heavy atom. The third-order valence-electron chi connectivity index (χ3n) is 2.96. The summed E-state index contributed by atoms with van der Waals surface area (Å²) in [6.45, 7) is 0. The van der Waals surface area contributed by atoms with E-state index < -0.39 is 5.97 Å². The van der Waals surface area contributed by atoms with Crippen LogP contribution in [0.5, 0.6) is 0 Å². The quantitative estimate of drug-likeness (QED) is 0.778. The number of fused-ring (bicyclic) bond motifs is 1. The highest BCUT2D eigenvalue weighted by atomic mass is 32.1. The molecule has 2 aromatic heterocycles. The van der Waals surface area contributed by atoms with Gasteiger partial charge in [0, 0.05) is 27.4 Å². The van der Waals surface area contributed by atoms with Gasteiger partial charge in [-0.15, -0.1) is 11.3 Å². The number of carbonyl (C=O) groups is 2. The summed E-state index contributed by atoms with van der Waals surface area (Å²) in [5, 5.41) is 14.3. The molecule has 3 rings (SSSR count). The van der Waals surface area contributed by atoms with Gasteiger partial charge < -0.3 is 10.4 Å². The van der Waals surface area contributed by atoms with Gasteiger partial charge in [0.25, 0.3) is 5.91 Å². The molecule has 0 fully saturated rings. The average molecular weight is 298 g/mol. The summed E-state index contributed by atoms with van der Waals surface area (Å²) in [6, 6.07) is 10.5. The van der Waals surface area contributed by atoms with E-state index in [1.807, 2.05) is 24.3 Å². The summed E-state index contributed by atoms with van der Waals surface area (Å²) in [7, 11) is 0. The van der Waals surface area contributed by atoms with Crippen molar-refractivity contribution in [3.05, 3.63) is 59.2 Å². The van der Waals surface area contributed by atoms with Gasteiger partial charge in [-0.2, -0.15) is 0 Å². The van der Waals surface area contributed by atoms with Crippen molar-refractivity contribution in [3.63, 3.8) is 0 Å². The van der Waals surface area contributed by atoms with E-state index in [0.29, 0.717) is 11.3 Å². The zero-order valence-electron chi connectivity index (χ0n) is 10.7. The summed E-state index contributed by atoms with van der Waals surface area (Å²) in [5.41, 5.74) is 0.870. The number of benzene rings is 1. The van der Waals surface area contributed by atoms with Crippen LogP contribution >= 0.6 is 11.3 Å². The second kappa shape index (κ2) is 5.34. The molecule has 21 heavy (non-hydrogen) atoms. The van der Waals surface area contributed by atoms with Gasteiger partial charge in [-0.3, -0.25) is 4.79 Å². The van der Waals surface area contributed by atoms with E-state index in [1.54, 1.807) is 11.4 Å². The standard InChI is InChI=1S/C15H10N2O3S/c18-14(11-8-21-13-4-2-1-3-10(11)13)17-9-5-6-16-12(7-9)15(19)20/h1-8H,(H,19,20)(H,16,17,18). The first-order valence-electron chi connectivity index (χ1n) is 6.12. The number of hydrogen-bond donors (Lipinski definition) is 2. The van der Waals surface area contributed by atoms with Crippen molar-refractivity contribution in [3.8, 4) is 0 Å². The Morgan fingerprint density at radius 3 is 2.81 bits per heavy atom. The Hall–Kier alpha value is -2.73. The molecule has 0 unspecified atom stereocenters. The fourth-order valence-electron chi connectivity index (χ4n) is 1.98. The number of amides is 1. The molecule has 0 aliphatic rings. The van der Waals surface area contributed by atoms with Crippen molar-refractivity contribution in [2.75, 3.05) is 5.32 Å². The molecule has 0 aliphatic heterocycles. The summed E-state index contributed by atoms with van der Waals surface area (Å²) in [6.07, 6.45) is 1.35. The summed E-state index contributed by atoms with van der Waals surface area (Å²) < 4.78 is 1.03. The Kier molecular flexibility index (Phi) is 3.37. The molecule has 2 N–H and O–H groups in total. The molecule has 0 atom stereocenters. The van der Waals surface area contributed by atoms with Gasteiger partial charge in [-0.05, 0) is 18.2 Å². The van der Waals surface area contributed by atoms with Crippen LogP contribution in [0.2, 0.25) is 0 Å². The smallest absolute Gasteiger partial charge is 0.354 e. The van der Waals surface area contributed by atoms with Gasteiger partial charge >= 0.3 is 5.97 Å². The van der Waals surface area contributed by atoms with Crippen LogP contribution in [-0.4, -0.2) is 22.0 Å². The minimum atomic E-state index is -1.13. The Labute approximate surface area is 123 Å². The second-order valence-electron chi connectivity index (χ2n) is 4.33. The van der Waals surface area contributed by atoms with E-state index in [4.69, 9.17) is 5.11 Å². The zero-order valence-corrected chi connectivity index (χ0v) is 11.6. The molecule has 104 valence electrons. The molecular weight excluding hydrogens is 288 g/mol. The van der Waals surface area contributed by atoms with E-state index in [9.17, 15) is 9.59 Å². The first-order valence-corrected chi connectivity index (χ1v) is 7.00. The summed E-state index contributed by atoms with van der Waals surface area (Å²) >= 11 is 1.49. The number of anilines is 1. The lowest BCUT2D eigenvalue weighted by Crippen LogP contribution is -2.12. The van der Waals surface area contributed by atoms with Gasteiger partial charge in [-0.25, -0.2) is 9.78 Å². The molecule has 1 aromatic carbocycles. The van der Waals surface area contributed by atoms with Crippen molar-refractivity contribution >= 4 is 39.0 Å². The fourth-order valence-corrected chi connectivity index (χ4v) is 2.92. The van der Waals surface area contributed by atoms with Crippen LogP contribution in [0.25, 0.3) is 10.1 Å². The van der Waals surface area contributed by atoms with Crippen molar-refractivity contribution in [1.82, 2.24) is 4.98 Å². The van der Waals surface area contributed by atoms with Crippen molar-refractivity contribution in [2.45, 2.75) is 0 Å². The molecule has 6 heteroatoms. The van der Waals surface area contributed by atoms with Gasteiger partial charge in [-0.1, -0.05) is 18.2 Å². The molecular formula is C15H10N2O3S. The average Bonchev–Trinajstić information content (AvgIpc) is 2.91. The van der Waals surface area contributed by atoms with Gasteiger partial charge in [0.1, 0.15) is 5.69 Å². The Morgan fingerprint density at radius 2 is 2.00 bits per heavy atom. The molecule has 1 amide bonds. The number of hydrogen-bond acceptors (Lipinski definition) is 4. The van der Waals surface area contributed by atoms with E-state index in [1.165, 1.54) is 23.6 Å². The maximum atomic E-state index is 12.3. The zero-order chi connectivity index (χ0) is 14.8. The van der Waals surface area contributed by atoms with Crippen LogP contribution < -0.4 is 5.32 Å². The van der Waals surface area contributed by atoms with E-state index in [0.717, 1.165) is 10.1 Å². The molecule has 0 saturated carbocycles. The number of pyridine rings is 1. The molecule has 0 bridgehead atoms. The lowest BCUT2D eigenvalue weighted by atomic mass is 10.1. The maximum absolute atomic E-state index is 12.3. The lowest BCUT2D eigenvalue weighted by Gasteiger charge is -2.05. The number of carboxylic acids is 1. The summed E-state index contributed by atoms with van der Waals surface area (Å²) in [5.74, 6) is -1.40. The highest BCUT2D eigenvalue weighted by Gasteiger charge is 2.13. The summed E-state index contributed by atoms with van der Waals surface area (Å²) in [4.78, 5) is 26.9. The number of aromatic carboxylic acids is 1. The highest BCUT2D eigenvalue weighted by Crippen LogP contribution is 2.26. The molecule has 0 radical (unpaired) electrons. The normalized spacial score (nSPS) is 10.5. The molecule has 5 nitrogen and oxygen atoms in total. The topological polar surface area (TPSA) is 79.3 Å². The molecule has 0 aliphatic carbocycles. The van der Waals surface area contributed by atoms with E-state index >= 15 is 0 Å². The number of thiophene rings is 1. The third-order valence-corrected chi connectivity index (χ3v) is 3.93. The third kappa shape index (κ3) is 2.61. The van der Waals surface area contributed by atoms with Gasteiger partial charge in [0.2, 0.25) is 0 Å². The Bertz CT molecular complexity index is 842. The van der Waals surface area contributed by atoms with Crippen LogP contribution in [0.3, 0.4) is 0 Å². The molecule has 2 heterocycles. The number of rotatable bonds is 3. The van der Waals surface area contributed by atoms with Crippen LogP contribution in [0.4, 0.5) is 5.69 Å². The predicted molar refractivity (Wildman–Crippen MR) is 81.0 cm³/mol. The molecule has 0 spiro atoms. The van der Waals surface area contributed by atoms with E-state index in [-0.39, 0.29) is 11.6 Å². The van der Waals surface area contributed by atoms with E-state index in [2.05, 4.69) is 10.3 Å². The Balaban J connectivity index is 1.90. The van der Waals surface area contributed by atoms with Crippen molar-refractivity contribution in [2.24, 2.45) is 0 Å². The van der Waals surface area contributed by atoms with Crippen LogP contribution in [-0.2, 0) is 0 Å². The number of nitrogens with zero attached hydrogens (tertiary/aromatic N) is 1. The predicted octanol–water partition coefficient (Wildman–Crippen LogP) is 3.25. The number of aromatic nitrogens is 1. The number of nitrogens with one attached hydrogen (secondary N) is 1. The molecule has 0 saturated heterocycles. The first kappa shape index (κ1) is 13.3. The SMILES string of the molecule is O=C(O)c1cc(NC(=O)c2csc3ccccc23)ccn1. The monoisotopic (exact) mass is 298 g/mol. The van der Waals surface area contributed by atoms with Gasteiger partial charge in [0.15, 0.2) is 0 Å². The van der Waals surface area contributed by atoms with Crippen molar-refractivity contribution < 1.29 is 14.7 Å². The second-order valence-corrected chi connectivity index (χ2v) is 5.25. The number of carboxylic acid groups (broad SMARTS) is 1. The minimum Gasteiger partial charge on any atom is -0.477 e. The maximum Gasteiger partial charge on any atom is 0.354 e. The van der Waals surface area contributed by atoms with Crippen molar-refractivity contribution in [1.29, 1.82) is 0 Å². The largest absolute Gasteiger partial charge is 0.477 e. The van der Waals surface area contributed by atoms with Crippen LogP contribution in [0.15, 0.2) is 48.0 Å².